The van der Waals surface area contributed by atoms with Crippen LogP contribution in [0.3, 0.4) is 0 Å². The zero-order valence-electron chi connectivity index (χ0n) is 9.67. The first kappa shape index (κ1) is 12.9. The summed E-state index contributed by atoms with van der Waals surface area (Å²) in [5.74, 6) is -0.377. The van der Waals surface area contributed by atoms with E-state index in [-0.39, 0.29) is 18.1 Å². The molecule has 0 saturated carbocycles. The topological polar surface area (TPSA) is 69.4 Å². The van der Waals surface area contributed by atoms with Gasteiger partial charge in [-0.3, -0.25) is 14.9 Å². The highest BCUT2D eigenvalue weighted by Crippen LogP contribution is 2.23. The van der Waals surface area contributed by atoms with E-state index in [1.54, 1.807) is 31.2 Å². The Labute approximate surface area is 98.9 Å². The summed E-state index contributed by atoms with van der Waals surface area (Å²) in [6.45, 7) is 1.78. The van der Waals surface area contributed by atoms with Crippen LogP contribution in [-0.2, 0) is 9.53 Å². The van der Waals surface area contributed by atoms with Gasteiger partial charge in [-0.1, -0.05) is 24.3 Å². The lowest BCUT2D eigenvalue weighted by Crippen LogP contribution is -1.97. The number of aryl methyl sites for hydroxylation is 1. The van der Waals surface area contributed by atoms with Crippen molar-refractivity contribution in [2.24, 2.45) is 0 Å². The molecule has 0 saturated heterocycles. The summed E-state index contributed by atoms with van der Waals surface area (Å²) in [5, 5.41) is 10.8. The Morgan fingerprint density at radius 2 is 2.24 bits per heavy atom. The fourth-order valence-corrected chi connectivity index (χ4v) is 1.40. The van der Waals surface area contributed by atoms with Gasteiger partial charge in [-0.25, -0.2) is 0 Å². The van der Waals surface area contributed by atoms with Crippen molar-refractivity contribution in [1.82, 2.24) is 0 Å². The normalized spacial score (nSPS) is 10.5. The minimum Gasteiger partial charge on any atom is -0.469 e. The number of carbonyl (C=O) groups is 1. The van der Waals surface area contributed by atoms with Crippen LogP contribution in [-0.4, -0.2) is 18.0 Å². The summed E-state index contributed by atoms with van der Waals surface area (Å²) in [5.41, 5.74) is 1.34. The number of nitrogens with zero attached hydrogens (tertiary/aromatic N) is 1. The number of nitro benzene ring substituents is 1. The van der Waals surface area contributed by atoms with Crippen molar-refractivity contribution in [2.45, 2.75) is 13.3 Å². The van der Waals surface area contributed by atoms with Crippen molar-refractivity contribution >= 4 is 17.7 Å². The molecule has 5 heteroatoms. The molecule has 1 rings (SSSR count). The molecule has 0 bridgehead atoms. The molecule has 90 valence electrons. The Morgan fingerprint density at radius 1 is 1.53 bits per heavy atom. The van der Waals surface area contributed by atoms with E-state index in [0.29, 0.717) is 5.56 Å². The molecule has 0 heterocycles. The Bertz CT molecular complexity index is 466. The lowest BCUT2D eigenvalue weighted by atomic mass is 10.1. The number of ether oxygens (including phenoxy) is 1. The van der Waals surface area contributed by atoms with Gasteiger partial charge in [0.1, 0.15) is 0 Å². The van der Waals surface area contributed by atoms with E-state index in [4.69, 9.17) is 0 Å². The molecule has 0 aromatic heterocycles. The van der Waals surface area contributed by atoms with Gasteiger partial charge in [-0.2, -0.15) is 0 Å². The average Bonchev–Trinajstić information content (AvgIpc) is 2.30. The molecule has 0 amide bonds. The van der Waals surface area contributed by atoms with Crippen molar-refractivity contribution in [1.29, 1.82) is 0 Å². The van der Waals surface area contributed by atoms with Gasteiger partial charge < -0.3 is 4.74 Å². The third kappa shape index (κ3) is 3.41. The zero-order valence-corrected chi connectivity index (χ0v) is 9.67. The number of methoxy groups -OCH3 is 1. The molecule has 17 heavy (non-hydrogen) atoms. The van der Waals surface area contributed by atoms with Gasteiger partial charge in [0.05, 0.1) is 24.0 Å². The van der Waals surface area contributed by atoms with Crippen molar-refractivity contribution < 1.29 is 14.5 Å². The second-order valence-electron chi connectivity index (χ2n) is 3.45. The summed E-state index contributed by atoms with van der Waals surface area (Å²) in [6.07, 6.45) is 3.23. The highest BCUT2D eigenvalue weighted by Gasteiger charge is 2.12. The number of hydrogen-bond donors (Lipinski definition) is 0. The monoisotopic (exact) mass is 235 g/mol. The van der Waals surface area contributed by atoms with Crippen LogP contribution in [0.1, 0.15) is 17.5 Å². The number of hydrogen-bond acceptors (Lipinski definition) is 4. The molecule has 0 unspecified atom stereocenters. The van der Waals surface area contributed by atoms with Gasteiger partial charge >= 0.3 is 5.97 Å². The Hall–Kier alpha value is -2.17. The highest BCUT2D eigenvalue weighted by molar-refractivity contribution is 5.73. The average molecular weight is 235 g/mol. The first-order chi connectivity index (χ1) is 8.06. The minimum atomic E-state index is -0.440. The third-order valence-electron chi connectivity index (χ3n) is 2.29. The van der Waals surface area contributed by atoms with Crippen LogP contribution in [0, 0.1) is 17.0 Å². The van der Waals surface area contributed by atoms with E-state index >= 15 is 0 Å². The third-order valence-corrected chi connectivity index (χ3v) is 2.29. The zero-order chi connectivity index (χ0) is 12.8. The van der Waals surface area contributed by atoms with Gasteiger partial charge in [0.25, 0.3) is 5.69 Å². The van der Waals surface area contributed by atoms with Crippen LogP contribution in [0.25, 0.3) is 6.08 Å². The maximum Gasteiger partial charge on any atom is 0.309 e. The summed E-state index contributed by atoms with van der Waals surface area (Å²) in [6, 6.07) is 4.85. The van der Waals surface area contributed by atoms with Gasteiger partial charge in [0.15, 0.2) is 0 Å². The second-order valence-corrected chi connectivity index (χ2v) is 3.45. The number of benzene rings is 1. The van der Waals surface area contributed by atoms with E-state index in [1.807, 2.05) is 0 Å². The van der Waals surface area contributed by atoms with Crippen molar-refractivity contribution in [3.05, 3.63) is 45.5 Å². The molecule has 0 spiro atoms. The van der Waals surface area contributed by atoms with Gasteiger partial charge in [-0.15, -0.1) is 0 Å². The lowest BCUT2D eigenvalue weighted by Gasteiger charge is -2.01. The maximum atomic E-state index is 10.9. The molecule has 0 atom stereocenters. The Kier molecular flexibility index (Phi) is 4.39. The standard InChI is InChI=1S/C12H13NO4/c1-9-5-3-7-11(13(15)16)10(9)6-4-8-12(14)17-2/h3-7H,8H2,1-2H3. The molecule has 1 aromatic rings. The van der Waals surface area contributed by atoms with Crippen LogP contribution in [0.5, 0.6) is 0 Å². The molecule has 1 aromatic carbocycles. The van der Waals surface area contributed by atoms with Crippen molar-refractivity contribution in [3.8, 4) is 0 Å². The van der Waals surface area contributed by atoms with Crippen molar-refractivity contribution in [2.75, 3.05) is 7.11 Å². The van der Waals surface area contributed by atoms with Crippen LogP contribution in [0.4, 0.5) is 5.69 Å². The number of nitro groups is 1. The second kappa shape index (κ2) is 5.79. The first-order valence-corrected chi connectivity index (χ1v) is 5.03. The molecule has 0 aliphatic carbocycles. The number of esters is 1. The van der Waals surface area contributed by atoms with Crippen LogP contribution < -0.4 is 0 Å². The number of rotatable bonds is 4. The Morgan fingerprint density at radius 3 is 2.82 bits per heavy atom. The molecule has 5 nitrogen and oxygen atoms in total. The molecule has 0 N–H and O–H groups in total. The first-order valence-electron chi connectivity index (χ1n) is 5.03. The minimum absolute atomic E-state index is 0.0334. The van der Waals surface area contributed by atoms with Crippen LogP contribution in [0.15, 0.2) is 24.3 Å². The summed E-state index contributed by atoms with van der Waals surface area (Å²) in [7, 11) is 1.30. The lowest BCUT2D eigenvalue weighted by molar-refractivity contribution is -0.385. The van der Waals surface area contributed by atoms with Crippen molar-refractivity contribution in [3.63, 3.8) is 0 Å². The predicted octanol–water partition coefficient (Wildman–Crippen LogP) is 2.48. The highest BCUT2D eigenvalue weighted by atomic mass is 16.6. The van der Waals surface area contributed by atoms with E-state index in [2.05, 4.69) is 4.74 Å². The largest absolute Gasteiger partial charge is 0.469 e. The number of carbonyl (C=O) groups excluding carboxylic acids is 1. The quantitative estimate of drug-likeness (QED) is 0.456. The molecule has 0 fully saturated rings. The van der Waals surface area contributed by atoms with Gasteiger partial charge in [0, 0.05) is 6.07 Å². The van der Waals surface area contributed by atoms with E-state index in [1.165, 1.54) is 13.2 Å². The molecule has 0 aliphatic rings. The smallest absolute Gasteiger partial charge is 0.309 e. The molecular formula is C12H13NO4. The van der Waals surface area contributed by atoms with Crippen LogP contribution >= 0.6 is 0 Å². The molecule has 0 aliphatic heterocycles. The summed E-state index contributed by atoms with van der Waals surface area (Å²) >= 11 is 0. The van der Waals surface area contributed by atoms with E-state index in [9.17, 15) is 14.9 Å². The van der Waals surface area contributed by atoms with Crippen LogP contribution in [0.2, 0.25) is 0 Å². The Balaban J connectivity index is 2.97. The van der Waals surface area contributed by atoms with E-state index < -0.39 is 4.92 Å². The predicted molar refractivity (Wildman–Crippen MR) is 63.5 cm³/mol. The fourth-order valence-electron chi connectivity index (χ4n) is 1.40. The van der Waals surface area contributed by atoms with Gasteiger partial charge in [-0.05, 0) is 12.5 Å². The maximum absolute atomic E-state index is 10.9. The summed E-state index contributed by atoms with van der Waals surface area (Å²) < 4.78 is 4.47. The van der Waals surface area contributed by atoms with E-state index in [0.717, 1.165) is 5.56 Å². The SMILES string of the molecule is COC(=O)CC=Cc1c(C)cccc1[N+](=O)[O-]. The van der Waals surface area contributed by atoms with Gasteiger partial charge in [0.2, 0.25) is 0 Å². The molecule has 0 radical (unpaired) electrons. The molecular weight excluding hydrogens is 222 g/mol. The summed E-state index contributed by atoms with van der Waals surface area (Å²) in [4.78, 5) is 21.3. The fraction of sp³-hybridized carbons (Fsp3) is 0.250.